The molecular weight excluding hydrogens is 797 g/mol. The molecule has 0 N–H and O–H groups in total. The lowest BCUT2D eigenvalue weighted by molar-refractivity contribution is 1.18. The van der Waals surface area contributed by atoms with Crippen molar-refractivity contribution in [3.8, 4) is 61.3 Å². The molecule has 12 aromatic rings. The summed E-state index contributed by atoms with van der Waals surface area (Å²) >= 11 is 0. The molecule has 2 heteroatoms. The maximum absolute atomic E-state index is 2.46. The Kier molecular flexibility index (Phi) is 9.89. The number of benzene rings is 11. The third kappa shape index (κ3) is 6.93. The van der Waals surface area contributed by atoms with Gasteiger partial charge in [-0.3, -0.25) is 0 Å². The Balaban J connectivity index is 1.08. The molecule has 0 saturated carbocycles. The summed E-state index contributed by atoms with van der Waals surface area (Å²) in [6.45, 7) is 0. The molecule has 1 aromatic heterocycles. The Morgan fingerprint density at radius 1 is 0.273 bits per heavy atom. The highest BCUT2D eigenvalue weighted by atomic mass is 15.1. The molecule has 0 atom stereocenters. The highest BCUT2D eigenvalue weighted by Gasteiger charge is 2.23. The molecule has 2 nitrogen and oxygen atoms in total. The van der Waals surface area contributed by atoms with Gasteiger partial charge in [0.05, 0.1) is 16.7 Å². The minimum atomic E-state index is 1.07. The summed E-state index contributed by atoms with van der Waals surface area (Å²) in [5.74, 6) is 0. The van der Waals surface area contributed by atoms with Crippen LogP contribution in [-0.4, -0.2) is 4.57 Å². The molecular formula is C64H44N2. The summed E-state index contributed by atoms with van der Waals surface area (Å²) in [4.78, 5) is 2.46. The summed E-state index contributed by atoms with van der Waals surface area (Å²) in [6.07, 6.45) is 0. The van der Waals surface area contributed by atoms with Gasteiger partial charge in [-0.2, -0.15) is 0 Å². The maximum atomic E-state index is 2.46. The van der Waals surface area contributed by atoms with Crippen molar-refractivity contribution in [3.05, 3.63) is 267 Å². The SMILES string of the molecule is c1ccc(-c2ccc(-n3c4ccccc4c4ccc(N(c5ccc(-c6c(-c7ccccc7)cccc6-c6ccccc6)cc5)c5ccc6ccccc6c5-c5ccccc5)cc43)cc2)cc1. The predicted molar refractivity (Wildman–Crippen MR) is 280 cm³/mol. The van der Waals surface area contributed by atoms with Crippen LogP contribution in [0.2, 0.25) is 0 Å². The molecule has 0 bridgehead atoms. The van der Waals surface area contributed by atoms with Gasteiger partial charge in [-0.15, -0.1) is 0 Å². The standard InChI is InChI=1S/C64H44N2/c1-5-18-45(19-6-1)46-32-37-53(38-33-46)66-60-31-16-15-28-58(60)59-42-41-54(44-62(59)66)65(61-43-36-49-24-13-14-27-57(49)64(61)50-25-11-4-12-26-50)52-39-34-51(35-40-52)63-55(47-20-7-2-8-21-47)29-17-30-56(63)48-22-9-3-10-23-48/h1-44H. The minimum Gasteiger partial charge on any atom is -0.310 e. The zero-order valence-corrected chi connectivity index (χ0v) is 36.3. The Morgan fingerprint density at radius 3 is 1.41 bits per heavy atom. The van der Waals surface area contributed by atoms with E-state index in [-0.39, 0.29) is 0 Å². The van der Waals surface area contributed by atoms with Gasteiger partial charge in [0.15, 0.2) is 0 Å². The van der Waals surface area contributed by atoms with E-state index >= 15 is 0 Å². The van der Waals surface area contributed by atoms with Gasteiger partial charge in [-0.05, 0) is 109 Å². The Morgan fingerprint density at radius 2 is 0.758 bits per heavy atom. The molecule has 0 unspecified atom stereocenters. The van der Waals surface area contributed by atoms with Crippen molar-refractivity contribution in [2.75, 3.05) is 4.90 Å². The third-order valence-corrected chi connectivity index (χ3v) is 13.0. The van der Waals surface area contributed by atoms with Gasteiger partial charge in [-0.1, -0.05) is 218 Å². The van der Waals surface area contributed by atoms with Gasteiger partial charge in [0.2, 0.25) is 0 Å². The van der Waals surface area contributed by atoms with E-state index in [4.69, 9.17) is 0 Å². The number of hydrogen-bond donors (Lipinski definition) is 0. The molecule has 0 aliphatic heterocycles. The summed E-state index contributed by atoms with van der Waals surface area (Å²) in [5.41, 5.74) is 18.6. The molecule has 0 spiro atoms. The van der Waals surface area contributed by atoms with Gasteiger partial charge in [0, 0.05) is 33.4 Å². The predicted octanol–water partition coefficient (Wildman–Crippen LogP) is 17.7. The quantitative estimate of drug-likeness (QED) is 0.141. The van der Waals surface area contributed by atoms with E-state index in [9.17, 15) is 0 Å². The van der Waals surface area contributed by atoms with Gasteiger partial charge >= 0.3 is 0 Å². The van der Waals surface area contributed by atoms with Crippen LogP contribution in [0.25, 0.3) is 93.9 Å². The van der Waals surface area contributed by atoms with Crippen LogP contribution >= 0.6 is 0 Å². The Labute approximate surface area is 385 Å². The molecule has 1 heterocycles. The molecule has 0 radical (unpaired) electrons. The molecule has 0 aliphatic rings. The molecule has 0 aliphatic carbocycles. The highest BCUT2D eigenvalue weighted by Crippen LogP contribution is 2.47. The molecule has 12 rings (SSSR count). The number of aromatic nitrogens is 1. The lowest BCUT2D eigenvalue weighted by atomic mass is 9.87. The van der Waals surface area contributed by atoms with Gasteiger partial charge < -0.3 is 9.47 Å². The third-order valence-electron chi connectivity index (χ3n) is 13.0. The number of para-hydroxylation sites is 1. The largest absolute Gasteiger partial charge is 0.310 e. The summed E-state index contributed by atoms with van der Waals surface area (Å²) in [6, 6.07) is 97.0. The summed E-state index contributed by atoms with van der Waals surface area (Å²) < 4.78 is 2.42. The van der Waals surface area contributed by atoms with E-state index in [2.05, 4.69) is 276 Å². The lowest BCUT2D eigenvalue weighted by Gasteiger charge is -2.29. The van der Waals surface area contributed by atoms with Crippen molar-refractivity contribution in [2.45, 2.75) is 0 Å². The van der Waals surface area contributed by atoms with E-state index in [1.165, 1.54) is 77.1 Å². The smallest absolute Gasteiger partial charge is 0.0561 e. The first-order chi connectivity index (χ1) is 32.8. The molecule has 66 heavy (non-hydrogen) atoms. The van der Waals surface area contributed by atoms with Gasteiger partial charge in [0.25, 0.3) is 0 Å². The maximum Gasteiger partial charge on any atom is 0.0561 e. The van der Waals surface area contributed by atoms with Crippen LogP contribution in [0.5, 0.6) is 0 Å². The number of fused-ring (bicyclic) bond motifs is 4. The van der Waals surface area contributed by atoms with Crippen molar-refractivity contribution >= 4 is 49.6 Å². The Bertz CT molecular complexity index is 3590. The number of nitrogens with zero attached hydrogens (tertiary/aromatic N) is 2. The molecule has 0 amide bonds. The van der Waals surface area contributed by atoms with Crippen molar-refractivity contribution in [3.63, 3.8) is 0 Å². The van der Waals surface area contributed by atoms with E-state index in [1.54, 1.807) is 0 Å². The van der Waals surface area contributed by atoms with Crippen LogP contribution in [0.15, 0.2) is 267 Å². The first-order valence-corrected chi connectivity index (χ1v) is 22.7. The monoisotopic (exact) mass is 840 g/mol. The first-order valence-electron chi connectivity index (χ1n) is 22.7. The van der Waals surface area contributed by atoms with Crippen LogP contribution in [-0.2, 0) is 0 Å². The fourth-order valence-electron chi connectivity index (χ4n) is 9.95. The van der Waals surface area contributed by atoms with Crippen LogP contribution in [0, 0.1) is 0 Å². The van der Waals surface area contributed by atoms with Crippen molar-refractivity contribution < 1.29 is 0 Å². The normalized spacial score (nSPS) is 11.3. The minimum absolute atomic E-state index is 1.07. The van der Waals surface area contributed by atoms with E-state index < -0.39 is 0 Å². The van der Waals surface area contributed by atoms with Crippen molar-refractivity contribution in [1.29, 1.82) is 0 Å². The summed E-state index contributed by atoms with van der Waals surface area (Å²) in [5, 5.41) is 4.85. The molecule has 0 saturated heterocycles. The number of rotatable bonds is 9. The second-order valence-electron chi connectivity index (χ2n) is 16.9. The highest BCUT2D eigenvalue weighted by molar-refractivity contribution is 6.11. The van der Waals surface area contributed by atoms with E-state index in [0.717, 1.165) is 33.8 Å². The first kappa shape index (κ1) is 38.9. The molecule has 310 valence electrons. The molecule has 0 fully saturated rings. The van der Waals surface area contributed by atoms with Gasteiger partial charge in [-0.25, -0.2) is 0 Å². The van der Waals surface area contributed by atoms with Crippen molar-refractivity contribution in [2.24, 2.45) is 0 Å². The van der Waals surface area contributed by atoms with E-state index in [1.807, 2.05) is 0 Å². The molecule has 11 aromatic carbocycles. The zero-order valence-electron chi connectivity index (χ0n) is 36.3. The fraction of sp³-hybridized carbons (Fsp3) is 0. The summed E-state index contributed by atoms with van der Waals surface area (Å²) in [7, 11) is 0. The fourth-order valence-corrected chi connectivity index (χ4v) is 9.95. The van der Waals surface area contributed by atoms with Gasteiger partial charge in [0.1, 0.15) is 0 Å². The topological polar surface area (TPSA) is 8.17 Å². The second-order valence-corrected chi connectivity index (χ2v) is 16.9. The Hall–Kier alpha value is -8.72. The average Bonchev–Trinajstić information content (AvgIpc) is 3.73. The lowest BCUT2D eigenvalue weighted by Crippen LogP contribution is -2.12. The van der Waals surface area contributed by atoms with Crippen LogP contribution in [0.4, 0.5) is 17.1 Å². The average molecular weight is 841 g/mol. The van der Waals surface area contributed by atoms with Crippen molar-refractivity contribution in [1.82, 2.24) is 4.57 Å². The van der Waals surface area contributed by atoms with Crippen LogP contribution in [0.3, 0.4) is 0 Å². The van der Waals surface area contributed by atoms with Crippen LogP contribution < -0.4 is 4.90 Å². The van der Waals surface area contributed by atoms with E-state index in [0.29, 0.717) is 0 Å². The van der Waals surface area contributed by atoms with Crippen LogP contribution in [0.1, 0.15) is 0 Å². The second kappa shape index (κ2) is 16.8. The number of anilines is 3. The number of hydrogen-bond acceptors (Lipinski definition) is 1. The zero-order chi connectivity index (χ0) is 43.8.